The SMILES string of the molecule is CC(C)CN1CCC(N2CCC(N)CC2)CC1. The van der Waals surface area contributed by atoms with Gasteiger partial charge in [0.15, 0.2) is 0 Å². The van der Waals surface area contributed by atoms with Crippen LogP contribution in [0.25, 0.3) is 0 Å². The smallest absolute Gasteiger partial charge is 0.0120 e. The minimum atomic E-state index is 0.465. The van der Waals surface area contributed by atoms with Crippen LogP contribution in [-0.2, 0) is 0 Å². The van der Waals surface area contributed by atoms with Crippen molar-refractivity contribution < 1.29 is 0 Å². The lowest BCUT2D eigenvalue weighted by Gasteiger charge is -2.41. The van der Waals surface area contributed by atoms with Gasteiger partial charge >= 0.3 is 0 Å². The van der Waals surface area contributed by atoms with Gasteiger partial charge in [-0.15, -0.1) is 0 Å². The van der Waals surface area contributed by atoms with Crippen LogP contribution in [0.3, 0.4) is 0 Å². The Labute approximate surface area is 106 Å². The number of hydrogen-bond donors (Lipinski definition) is 1. The molecule has 0 aromatic rings. The zero-order chi connectivity index (χ0) is 12.3. The predicted molar refractivity (Wildman–Crippen MR) is 73.1 cm³/mol. The third-order valence-electron chi connectivity index (χ3n) is 4.27. The van der Waals surface area contributed by atoms with Gasteiger partial charge in [-0.1, -0.05) is 13.8 Å². The number of likely N-dealkylation sites (tertiary alicyclic amines) is 2. The summed E-state index contributed by atoms with van der Waals surface area (Å²) >= 11 is 0. The monoisotopic (exact) mass is 239 g/mol. The van der Waals surface area contributed by atoms with Gasteiger partial charge in [-0.05, 0) is 57.8 Å². The van der Waals surface area contributed by atoms with E-state index in [1.165, 1.54) is 58.4 Å². The fourth-order valence-electron chi connectivity index (χ4n) is 3.27. The molecule has 0 aliphatic carbocycles. The molecule has 0 bridgehead atoms. The molecule has 3 nitrogen and oxygen atoms in total. The highest BCUT2D eigenvalue weighted by Gasteiger charge is 2.27. The summed E-state index contributed by atoms with van der Waals surface area (Å²) < 4.78 is 0. The quantitative estimate of drug-likeness (QED) is 0.811. The molecule has 2 aliphatic heterocycles. The van der Waals surface area contributed by atoms with E-state index in [1.807, 2.05) is 0 Å². The number of nitrogens with zero attached hydrogens (tertiary/aromatic N) is 2. The number of hydrogen-bond acceptors (Lipinski definition) is 3. The molecule has 100 valence electrons. The molecule has 2 fully saturated rings. The zero-order valence-corrected chi connectivity index (χ0v) is 11.6. The first-order chi connectivity index (χ1) is 8.15. The first-order valence-corrected chi connectivity index (χ1v) is 7.37. The van der Waals surface area contributed by atoms with Gasteiger partial charge in [-0.2, -0.15) is 0 Å². The van der Waals surface area contributed by atoms with Gasteiger partial charge in [0.05, 0.1) is 0 Å². The number of piperidine rings is 2. The Kier molecular flexibility index (Phi) is 4.83. The second-order valence-corrected chi connectivity index (χ2v) is 6.30. The van der Waals surface area contributed by atoms with Crippen LogP contribution in [0.1, 0.15) is 39.5 Å². The van der Waals surface area contributed by atoms with Crippen LogP contribution in [0.15, 0.2) is 0 Å². The second-order valence-electron chi connectivity index (χ2n) is 6.30. The molecule has 0 amide bonds. The minimum absolute atomic E-state index is 0.465. The van der Waals surface area contributed by atoms with Crippen LogP contribution < -0.4 is 5.73 Å². The average molecular weight is 239 g/mol. The maximum absolute atomic E-state index is 5.97. The Bertz CT molecular complexity index is 214. The third-order valence-corrected chi connectivity index (χ3v) is 4.27. The van der Waals surface area contributed by atoms with E-state index in [0.29, 0.717) is 6.04 Å². The molecule has 17 heavy (non-hydrogen) atoms. The van der Waals surface area contributed by atoms with Crippen molar-refractivity contribution in [2.45, 2.75) is 51.6 Å². The Morgan fingerprint density at radius 2 is 1.59 bits per heavy atom. The molecule has 2 aliphatic rings. The van der Waals surface area contributed by atoms with Gasteiger partial charge in [-0.25, -0.2) is 0 Å². The van der Waals surface area contributed by atoms with Crippen LogP contribution in [-0.4, -0.2) is 54.6 Å². The molecule has 2 N–H and O–H groups in total. The summed E-state index contributed by atoms with van der Waals surface area (Å²) in [6.45, 7) is 11.0. The van der Waals surface area contributed by atoms with E-state index in [0.717, 1.165) is 12.0 Å². The van der Waals surface area contributed by atoms with E-state index in [4.69, 9.17) is 5.73 Å². The lowest BCUT2D eigenvalue weighted by atomic mass is 9.98. The summed E-state index contributed by atoms with van der Waals surface area (Å²) in [4.78, 5) is 5.33. The normalized spacial score (nSPS) is 26.8. The molecular formula is C14H29N3. The van der Waals surface area contributed by atoms with E-state index in [-0.39, 0.29) is 0 Å². The summed E-state index contributed by atoms with van der Waals surface area (Å²) in [5.74, 6) is 0.805. The Morgan fingerprint density at radius 3 is 2.12 bits per heavy atom. The van der Waals surface area contributed by atoms with Crippen molar-refractivity contribution in [2.24, 2.45) is 11.7 Å². The van der Waals surface area contributed by atoms with E-state index < -0.39 is 0 Å². The summed E-state index contributed by atoms with van der Waals surface area (Å²) in [6.07, 6.45) is 5.13. The van der Waals surface area contributed by atoms with Gasteiger partial charge in [-0.3, -0.25) is 0 Å². The molecule has 0 aromatic heterocycles. The van der Waals surface area contributed by atoms with Crippen molar-refractivity contribution in [2.75, 3.05) is 32.7 Å². The highest BCUT2D eigenvalue weighted by molar-refractivity contribution is 4.84. The number of rotatable bonds is 3. The molecule has 3 heteroatoms. The molecule has 2 heterocycles. The molecule has 2 rings (SSSR count). The van der Waals surface area contributed by atoms with E-state index in [9.17, 15) is 0 Å². The molecule has 0 radical (unpaired) electrons. The Hall–Kier alpha value is -0.120. The lowest BCUT2D eigenvalue weighted by molar-refractivity contribution is 0.0834. The molecule has 0 saturated carbocycles. The Balaban J connectivity index is 1.71. The third kappa shape index (κ3) is 3.94. The highest BCUT2D eigenvalue weighted by atomic mass is 15.2. The first-order valence-electron chi connectivity index (χ1n) is 7.37. The van der Waals surface area contributed by atoms with Gasteiger partial charge < -0.3 is 15.5 Å². The second kappa shape index (κ2) is 6.17. The topological polar surface area (TPSA) is 32.5 Å². The van der Waals surface area contributed by atoms with Gasteiger partial charge in [0.2, 0.25) is 0 Å². The zero-order valence-electron chi connectivity index (χ0n) is 11.6. The standard InChI is InChI=1S/C14H29N3/c1-12(2)11-16-7-5-14(6-8-16)17-9-3-13(15)4-10-17/h12-14H,3-11,15H2,1-2H3. The van der Waals surface area contributed by atoms with Crippen LogP contribution >= 0.6 is 0 Å². The molecule has 0 aromatic carbocycles. The maximum atomic E-state index is 5.97. The predicted octanol–water partition coefficient (Wildman–Crippen LogP) is 1.53. The van der Waals surface area contributed by atoms with E-state index in [1.54, 1.807) is 0 Å². The number of nitrogens with two attached hydrogens (primary N) is 1. The molecule has 0 unspecified atom stereocenters. The van der Waals surface area contributed by atoms with E-state index >= 15 is 0 Å². The first kappa shape index (κ1) is 13.3. The van der Waals surface area contributed by atoms with Crippen LogP contribution in [0, 0.1) is 5.92 Å². The van der Waals surface area contributed by atoms with Crippen molar-refractivity contribution >= 4 is 0 Å². The van der Waals surface area contributed by atoms with Crippen molar-refractivity contribution in [3.63, 3.8) is 0 Å². The molecule has 2 saturated heterocycles. The van der Waals surface area contributed by atoms with Crippen molar-refractivity contribution in [3.05, 3.63) is 0 Å². The van der Waals surface area contributed by atoms with Gasteiger partial charge in [0.25, 0.3) is 0 Å². The highest BCUT2D eigenvalue weighted by Crippen LogP contribution is 2.20. The van der Waals surface area contributed by atoms with Crippen LogP contribution in [0.2, 0.25) is 0 Å². The molecule has 0 atom stereocenters. The maximum Gasteiger partial charge on any atom is 0.0120 e. The van der Waals surface area contributed by atoms with E-state index in [2.05, 4.69) is 23.6 Å². The van der Waals surface area contributed by atoms with Gasteiger partial charge in [0, 0.05) is 18.6 Å². The summed E-state index contributed by atoms with van der Waals surface area (Å²) in [6, 6.07) is 1.30. The molecule has 0 spiro atoms. The fraction of sp³-hybridized carbons (Fsp3) is 1.00. The van der Waals surface area contributed by atoms with Crippen LogP contribution in [0.4, 0.5) is 0 Å². The van der Waals surface area contributed by atoms with Crippen molar-refractivity contribution in [1.82, 2.24) is 9.80 Å². The Morgan fingerprint density at radius 1 is 1.00 bits per heavy atom. The van der Waals surface area contributed by atoms with Crippen molar-refractivity contribution in [3.8, 4) is 0 Å². The van der Waals surface area contributed by atoms with Crippen molar-refractivity contribution in [1.29, 1.82) is 0 Å². The minimum Gasteiger partial charge on any atom is -0.328 e. The largest absolute Gasteiger partial charge is 0.328 e. The summed E-state index contributed by atoms with van der Waals surface area (Å²) in [5, 5.41) is 0. The van der Waals surface area contributed by atoms with Crippen LogP contribution in [0.5, 0.6) is 0 Å². The van der Waals surface area contributed by atoms with Gasteiger partial charge in [0.1, 0.15) is 0 Å². The molecular weight excluding hydrogens is 210 g/mol. The fourth-order valence-corrected chi connectivity index (χ4v) is 3.27. The summed E-state index contributed by atoms with van der Waals surface area (Å²) in [5.41, 5.74) is 5.97. The average Bonchev–Trinajstić information content (AvgIpc) is 2.30. The summed E-state index contributed by atoms with van der Waals surface area (Å²) in [7, 11) is 0. The lowest BCUT2D eigenvalue weighted by Crippen LogP contribution is -2.49.